The van der Waals surface area contributed by atoms with Crippen LogP contribution in [0.4, 0.5) is 0 Å². The zero-order valence-electron chi connectivity index (χ0n) is 11.6. The fraction of sp³-hybridized carbons (Fsp3) is 0.0588. The molecule has 1 N–H and O–H groups in total. The van der Waals surface area contributed by atoms with Gasteiger partial charge in [0.05, 0.1) is 17.5 Å². The quantitative estimate of drug-likeness (QED) is 0.593. The minimum Gasteiger partial charge on any atom is -0.493 e. The molecule has 0 saturated heterocycles. The number of hydrogen-bond donors (Lipinski definition) is 1. The molecule has 0 aliphatic heterocycles. The van der Waals surface area contributed by atoms with Crippen LogP contribution < -0.4 is 0 Å². The van der Waals surface area contributed by atoms with Crippen LogP contribution >= 0.6 is 22.7 Å². The molecule has 4 rings (SSSR count). The van der Waals surface area contributed by atoms with E-state index in [4.69, 9.17) is 4.98 Å². The standard InChI is InChI=1S/C17H12N2OS2/c20-15-10-22-17(19-15)8-16-18-14(9-21-16)13-6-5-11-3-1-2-4-12(11)7-13/h1-7,9-10,20H,8H2. The summed E-state index contributed by atoms with van der Waals surface area (Å²) in [5.41, 5.74) is 2.12. The number of fused-ring (bicyclic) bond motifs is 1. The Morgan fingerprint density at radius 2 is 1.64 bits per heavy atom. The molecule has 4 aromatic rings. The number of nitrogens with zero attached hydrogens (tertiary/aromatic N) is 2. The van der Waals surface area contributed by atoms with E-state index in [1.54, 1.807) is 16.7 Å². The number of aromatic nitrogens is 2. The lowest BCUT2D eigenvalue weighted by molar-refractivity contribution is 0.456. The highest BCUT2D eigenvalue weighted by atomic mass is 32.1. The summed E-state index contributed by atoms with van der Waals surface area (Å²) in [7, 11) is 0. The van der Waals surface area contributed by atoms with Crippen molar-refractivity contribution in [3.8, 4) is 17.1 Å². The summed E-state index contributed by atoms with van der Waals surface area (Å²) >= 11 is 3.08. The summed E-state index contributed by atoms with van der Waals surface area (Å²) in [5.74, 6) is 0.0892. The first-order chi connectivity index (χ1) is 10.8. The Morgan fingerprint density at radius 1 is 0.864 bits per heavy atom. The molecule has 0 atom stereocenters. The zero-order valence-corrected chi connectivity index (χ0v) is 13.2. The van der Waals surface area contributed by atoms with Crippen molar-refractivity contribution in [1.82, 2.24) is 9.97 Å². The van der Waals surface area contributed by atoms with Crippen LogP contribution in [-0.2, 0) is 6.42 Å². The minimum atomic E-state index is 0.0892. The van der Waals surface area contributed by atoms with Gasteiger partial charge in [-0.25, -0.2) is 9.97 Å². The monoisotopic (exact) mass is 324 g/mol. The van der Waals surface area contributed by atoms with Gasteiger partial charge in [-0.3, -0.25) is 0 Å². The molecule has 0 spiro atoms. The maximum Gasteiger partial charge on any atom is 0.222 e. The Kier molecular flexibility index (Phi) is 3.36. The van der Waals surface area contributed by atoms with Crippen molar-refractivity contribution < 1.29 is 5.11 Å². The average Bonchev–Trinajstić information content (AvgIpc) is 3.16. The van der Waals surface area contributed by atoms with E-state index in [-0.39, 0.29) is 5.88 Å². The second kappa shape index (κ2) is 5.51. The molecule has 22 heavy (non-hydrogen) atoms. The Hall–Kier alpha value is -2.24. The molecule has 0 bridgehead atoms. The maximum absolute atomic E-state index is 9.30. The number of thiazole rings is 2. The highest BCUT2D eigenvalue weighted by Gasteiger charge is 2.08. The molecule has 108 valence electrons. The second-order valence-corrected chi connectivity index (χ2v) is 6.85. The summed E-state index contributed by atoms with van der Waals surface area (Å²) < 4.78 is 0. The van der Waals surface area contributed by atoms with E-state index < -0.39 is 0 Å². The van der Waals surface area contributed by atoms with Crippen LogP contribution in [-0.4, -0.2) is 15.1 Å². The van der Waals surface area contributed by atoms with Crippen LogP contribution in [0.1, 0.15) is 10.0 Å². The van der Waals surface area contributed by atoms with Gasteiger partial charge in [0.1, 0.15) is 10.0 Å². The molecule has 0 aliphatic rings. The summed E-state index contributed by atoms with van der Waals surface area (Å²) in [4.78, 5) is 8.77. The van der Waals surface area contributed by atoms with Crippen molar-refractivity contribution in [2.45, 2.75) is 6.42 Å². The second-order valence-electron chi connectivity index (χ2n) is 4.96. The van der Waals surface area contributed by atoms with Gasteiger partial charge in [0.15, 0.2) is 0 Å². The molecule has 0 saturated carbocycles. The zero-order chi connectivity index (χ0) is 14.9. The van der Waals surface area contributed by atoms with Gasteiger partial charge in [-0.1, -0.05) is 36.4 Å². The van der Waals surface area contributed by atoms with Gasteiger partial charge >= 0.3 is 0 Å². The van der Waals surface area contributed by atoms with E-state index in [9.17, 15) is 5.11 Å². The molecule has 2 aromatic heterocycles. The third-order valence-corrected chi connectivity index (χ3v) is 5.12. The summed E-state index contributed by atoms with van der Waals surface area (Å²) in [6, 6.07) is 14.7. The molecule has 5 heteroatoms. The number of rotatable bonds is 3. The van der Waals surface area contributed by atoms with E-state index in [0.29, 0.717) is 6.42 Å². The molecule has 3 nitrogen and oxygen atoms in total. The van der Waals surface area contributed by atoms with Crippen molar-refractivity contribution in [1.29, 1.82) is 0 Å². The van der Waals surface area contributed by atoms with Crippen molar-refractivity contribution in [3.05, 3.63) is 63.2 Å². The Morgan fingerprint density at radius 3 is 2.45 bits per heavy atom. The van der Waals surface area contributed by atoms with E-state index in [1.807, 2.05) is 12.1 Å². The van der Waals surface area contributed by atoms with Crippen LogP contribution in [0.3, 0.4) is 0 Å². The smallest absolute Gasteiger partial charge is 0.222 e. The van der Waals surface area contributed by atoms with Gasteiger partial charge in [-0.05, 0) is 16.8 Å². The van der Waals surface area contributed by atoms with Crippen LogP contribution in [0.5, 0.6) is 5.88 Å². The fourth-order valence-corrected chi connectivity index (χ4v) is 3.94. The van der Waals surface area contributed by atoms with Crippen molar-refractivity contribution >= 4 is 33.4 Å². The fourth-order valence-electron chi connectivity index (χ4n) is 2.39. The topological polar surface area (TPSA) is 46.0 Å². The van der Waals surface area contributed by atoms with Gasteiger partial charge in [0.25, 0.3) is 0 Å². The lowest BCUT2D eigenvalue weighted by Crippen LogP contribution is -1.86. The van der Waals surface area contributed by atoms with Crippen molar-refractivity contribution in [3.63, 3.8) is 0 Å². The first kappa shape index (κ1) is 13.4. The van der Waals surface area contributed by atoms with Gasteiger partial charge in [-0.15, -0.1) is 22.7 Å². The van der Waals surface area contributed by atoms with E-state index in [0.717, 1.165) is 21.3 Å². The average molecular weight is 324 g/mol. The lowest BCUT2D eigenvalue weighted by Gasteiger charge is -2.00. The van der Waals surface area contributed by atoms with Crippen LogP contribution in [0.15, 0.2) is 53.2 Å². The van der Waals surface area contributed by atoms with Crippen molar-refractivity contribution in [2.75, 3.05) is 0 Å². The Balaban J connectivity index is 1.64. The Bertz CT molecular complexity index is 942. The molecule has 0 aliphatic carbocycles. The van der Waals surface area contributed by atoms with Gasteiger partial charge < -0.3 is 5.11 Å². The summed E-state index contributed by atoms with van der Waals surface area (Å²) in [5, 5.41) is 17.4. The predicted molar refractivity (Wildman–Crippen MR) is 91.6 cm³/mol. The molecule has 0 amide bonds. The summed E-state index contributed by atoms with van der Waals surface area (Å²) in [6.45, 7) is 0. The molecule has 2 aromatic carbocycles. The highest BCUT2D eigenvalue weighted by Crippen LogP contribution is 2.27. The summed E-state index contributed by atoms with van der Waals surface area (Å²) in [6.07, 6.45) is 0.670. The molecular formula is C17H12N2OS2. The molecule has 2 heterocycles. The van der Waals surface area contributed by atoms with Gasteiger partial charge in [-0.2, -0.15) is 0 Å². The Labute approximate surface area is 135 Å². The molecule has 0 fully saturated rings. The van der Waals surface area contributed by atoms with Crippen LogP contribution in [0.25, 0.3) is 22.0 Å². The van der Waals surface area contributed by atoms with Gasteiger partial charge in [0.2, 0.25) is 5.88 Å². The molecule has 0 unspecified atom stereocenters. The third-order valence-electron chi connectivity index (χ3n) is 3.44. The number of hydrogen-bond acceptors (Lipinski definition) is 5. The first-order valence-electron chi connectivity index (χ1n) is 6.85. The predicted octanol–water partition coefficient (Wildman–Crippen LogP) is 4.72. The highest BCUT2D eigenvalue weighted by molar-refractivity contribution is 7.11. The van der Waals surface area contributed by atoms with E-state index in [2.05, 4.69) is 40.7 Å². The first-order valence-corrected chi connectivity index (χ1v) is 8.61. The SMILES string of the molecule is Oc1csc(Cc2nc(-c3ccc4ccccc4c3)cs2)n1. The lowest BCUT2D eigenvalue weighted by atomic mass is 10.1. The third kappa shape index (κ3) is 2.61. The van der Waals surface area contributed by atoms with Crippen molar-refractivity contribution in [2.24, 2.45) is 0 Å². The maximum atomic E-state index is 9.30. The van der Waals surface area contributed by atoms with Gasteiger partial charge in [0, 0.05) is 10.9 Å². The molecular weight excluding hydrogens is 312 g/mol. The normalized spacial score (nSPS) is 11.1. The number of aromatic hydroxyl groups is 1. The van der Waals surface area contributed by atoms with E-state index in [1.165, 1.54) is 22.1 Å². The minimum absolute atomic E-state index is 0.0892. The van der Waals surface area contributed by atoms with E-state index >= 15 is 0 Å². The van der Waals surface area contributed by atoms with Crippen LogP contribution in [0, 0.1) is 0 Å². The number of benzene rings is 2. The molecule has 0 radical (unpaired) electrons. The largest absolute Gasteiger partial charge is 0.493 e. The van der Waals surface area contributed by atoms with Crippen LogP contribution in [0.2, 0.25) is 0 Å².